The summed E-state index contributed by atoms with van der Waals surface area (Å²) in [5.74, 6) is -0.151. The van der Waals surface area contributed by atoms with Gasteiger partial charge in [0.05, 0.1) is 15.6 Å². The molecule has 0 atom stereocenters. The van der Waals surface area contributed by atoms with E-state index >= 15 is 0 Å². The summed E-state index contributed by atoms with van der Waals surface area (Å²) in [7, 11) is 0. The Morgan fingerprint density at radius 3 is 2.38 bits per heavy atom. The van der Waals surface area contributed by atoms with E-state index < -0.39 is 5.97 Å². The average molecular weight is 384 g/mol. The third-order valence-corrected chi connectivity index (χ3v) is 3.95. The van der Waals surface area contributed by atoms with Crippen molar-refractivity contribution in [3.8, 4) is 11.4 Å². The minimum atomic E-state index is -0.670. The monoisotopic (exact) mass is 382 g/mol. The van der Waals surface area contributed by atoms with Crippen LogP contribution in [0.5, 0.6) is 0 Å². The number of rotatable bonds is 4. The van der Waals surface area contributed by atoms with E-state index in [1.807, 2.05) is 0 Å². The molecule has 1 heterocycles. The quantitative estimate of drug-likeness (QED) is 0.590. The Balaban J connectivity index is 1.69. The van der Waals surface area contributed by atoms with Gasteiger partial charge < -0.3 is 9.26 Å². The molecule has 122 valence electrons. The average Bonchev–Trinajstić information content (AvgIpc) is 3.02. The van der Waals surface area contributed by atoms with E-state index in [1.165, 1.54) is 0 Å². The molecule has 0 unspecified atom stereocenters. The van der Waals surface area contributed by atoms with Gasteiger partial charge in [0.2, 0.25) is 5.82 Å². The first-order valence-electron chi connectivity index (χ1n) is 6.74. The van der Waals surface area contributed by atoms with E-state index in [0.29, 0.717) is 10.8 Å². The zero-order valence-electron chi connectivity index (χ0n) is 12.0. The van der Waals surface area contributed by atoms with Crippen LogP contribution in [0, 0.1) is 0 Å². The highest BCUT2D eigenvalue weighted by Gasteiger charge is 2.17. The summed E-state index contributed by atoms with van der Waals surface area (Å²) < 4.78 is 10.2. The van der Waals surface area contributed by atoms with Gasteiger partial charge in [-0.1, -0.05) is 46.0 Å². The Labute approximate surface area is 152 Å². The maximum absolute atomic E-state index is 12.1. The van der Waals surface area contributed by atoms with Gasteiger partial charge in [-0.05, 0) is 36.4 Å². The molecule has 3 aromatic rings. The number of esters is 1. The lowest BCUT2D eigenvalue weighted by Crippen LogP contribution is -2.07. The lowest BCUT2D eigenvalue weighted by molar-refractivity contribution is 0.0430. The Bertz CT molecular complexity index is 858. The van der Waals surface area contributed by atoms with Crippen LogP contribution in [0.2, 0.25) is 15.1 Å². The first-order chi connectivity index (χ1) is 11.5. The van der Waals surface area contributed by atoms with Crippen LogP contribution in [0.3, 0.4) is 0 Å². The van der Waals surface area contributed by atoms with Crippen LogP contribution in [-0.4, -0.2) is 16.1 Å². The highest BCUT2D eigenvalue weighted by molar-refractivity contribution is 6.39. The summed E-state index contributed by atoms with van der Waals surface area (Å²) >= 11 is 17.7. The van der Waals surface area contributed by atoms with E-state index in [-0.39, 0.29) is 28.1 Å². The van der Waals surface area contributed by atoms with Gasteiger partial charge in [-0.2, -0.15) is 4.98 Å². The van der Waals surface area contributed by atoms with E-state index in [4.69, 9.17) is 44.1 Å². The topological polar surface area (TPSA) is 65.2 Å². The van der Waals surface area contributed by atoms with Crippen LogP contribution >= 0.6 is 34.8 Å². The Morgan fingerprint density at radius 2 is 1.71 bits per heavy atom. The molecule has 24 heavy (non-hydrogen) atoms. The third kappa shape index (κ3) is 3.70. The number of halogens is 3. The highest BCUT2D eigenvalue weighted by atomic mass is 35.5. The van der Waals surface area contributed by atoms with Crippen molar-refractivity contribution in [2.75, 3.05) is 0 Å². The van der Waals surface area contributed by atoms with Crippen LogP contribution in [0.25, 0.3) is 11.4 Å². The molecule has 0 amide bonds. The summed E-state index contributed by atoms with van der Waals surface area (Å²) in [6.07, 6.45) is 0. The number of carbonyl (C=O) groups is 1. The Morgan fingerprint density at radius 1 is 1.04 bits per heavy atom. The smallest absolute Gasteiger partial charge is 0.341 e. The highest BCUT2D eigenvalue weighted by Crippen LogP contribution is 2.25. The minimum Gasteiger partial charge on any atom is -0.452 e. The lowest BCUT2D eigenvalue weighted by Gasteiger charge is -2.05. The Kier molecular flexibility index (Phi) is 5.04. The van der Waals surface area contributed by atoms with Crippen LogP contribution in [-0.2, 0) is 11.3 Å². The standard InChI is InChI=1S/C16H9Cl3N2O3/c17-10-6-4-9(5-7-10)15-20-13(24-21-15)8-23-16(22)14-11(18)2-1-3-12(14)19/h1-7H,8H2. The fourth-order valence-corrected chi connectivity index (χ4v) is 2.60. The molecule has 0 saturated heterocycles. The first kappa shape index (κ1) is 16.8. The second-order valence-electron chi connectivity index (χ2n) is 4.69. The summed E-state index contributed by atoms with van der Waals surface area (Å²) in [5, 5.41) is 4.85. The van der Waals surface area contributed by atoms with E-state index in [9.17, 15) is 4.79 Å². The summed E-state index contributed by atoms with van der Waals surface area (Å²) in [4.78, 5) is 16.2. The largest absolute Gasteiger partial charge is 0.452 e. The normalized spacial score (nSPS) is 10.6. The van der Waals surface area contributed by atoms with Gasteiger partial charge in [-0.25, -0.2) is 4.79 Å². The lowest BCUT2D eigenvalue weighted by atomic mass is 10.2. The summed E-state index contributed by atoms with van der Waals surface area (Å²) in [5.41, 5.74) is 0.827. The molecule has 2 aromatic carbocycles. The zero-order chi connectivity index (χ0) is 17.1. The number of hydrogen-bond acceptors (Lipinski definition) is 5. The van der Waals surface area contributed by atoms with Crippen molar-refractivity contribution in [3.05, 3.63) is 69.0 Å². The van der Waals surface area contributed by atoms with Gasteiger partial charge in [-0.3, -0.25) is 0 Å². The SMILES string of the molecule is O=C(OCc1nc(-c2ccc(Cl)cc2)no1)c1c(Cl)cccc1Cl. The van der Waals surface area contributed by atoms with Gasteiger partial charge in [-0.15, -0.1) is 0 Å². The van der Waals surface area contributed by atoms with Gasteiger partial charge >= 0.3 is 5.97 Å². The van der Waals surface area contributed by atoms with Crippen LogP contribution < -0.4 is 0 Å². The second-order valence-corrected chi connectivity index (χ2v) is 5.94. The molecule has 0 aliphatic heterocycles. The Hall–Kier alpha value is -2.08. The van der Waals surface area contributed by atoms with E-state index in [0.717, 1.165) is 5.56 Å². The molecule has 0 radical (unpaired) electrons. The van der Waals surface area contributed by atoms with Crippen molar-refractivity contribution in [2.24, 2.45) is 0 Å². The first-order valence-corrected chi connectivity index (χ1v) is 7.87. The fraction of sp³-hybridized carbons (Fsp3) is 0.0625. The number of benzene rings is 2. The summed E-state index contributed by atoms with van der Waals surface area (Å²) in [6, 6.07) is 11.7. The molecule has 0 saturated carbocycles. The van der Waals surface area contributed by atoms with Crippen molar-refractivity contribution in [1.82, 2.24) is 10.1 Å². The van der Waals surface area contributed by atoms with Crippen LogP contribution in [0.4, 0.5) is 0 Å². The molecule has 5 nitrogen and oxygen atoms in total. The van der Waals surface area contributed by atoms with E-state index in [1.54, 1.807) is 42.5 Å². The molecular weight excluding hydrogens is 375 g/mol. The van der Waals surface area contributed by atoms with Crippen molar-refractivity contribution >= 4 is 40.8 Å². The molecule has 0 bridgehead atoms. The van der Waals surface area contributed by atoms with Gasteiger partial charge in [0.15, 0.2) is 6.61 Å². The number of hydrogen-bond donors (Lipinski definition) is 0. The summed E-state index contributed by atoms with van der Waals surface area (Å²) in [6.45, 7) is -0.193. The molecule has 0 spiro atoms. The predicted molar refractivity (Wildman–Crippen MR) is 90.3 cm³/mol. The maximum atomic E-state index is 12.1. The van der Waals surface area contributed by atoms with Gasteiger partial charge in [0, 0.05) is 10.6 Å². The van der Waals surface area contributed by atoms with E-state index in [2.05, 4.69) is 10.1 Å². The zero-order valence-corrected chi connectivity index (χ0v) is 14.3. The van der Waals surface area contributed by atoms with Crippen molar-refractivity contribution < 1.29 is 14.1 Å². The van der Waals surface area contributed by atoms with Crippen molar-refractivity contribution in [2.45, 2.75) is 6.61 Å². The number of aromatic nitrogens is 2. The third-order valence-electron chi connectivity index (χ3n) is 3.06. The molecule has 0 aliphatic rings. The van der Waals surface area contributed by atoms with Gasteiger partial charge in [0.1, 0.15) is 0 Å². The molecule has 0 N–H and O–H groups in total. The molecule has 8 heteroatoms. The molecule has 0 fully saturated rings. The van der Waals surface area contributed by atoms with Crippen LogP contribution in [0.15, 0.2) is 47.0 Å². The number of nitrogens with zero attached hydrogens (tertiary/aromatic N) is 2. The fourth-order valence-electron chi connectivity index (χ4n) is 1.92. The predicted octanol–water partition coefficient (Wildman–Crippen LogP) is 5.05. The number of carbonyl (C=O) groups excluding carboxylic acids is 1. The number of ether oxygens (including phenoxy) is 1. The molecule has 0 aliphatic carbocycles. The minimum absolute atomic E-state index is 0.0956. The van der Waals surface area contributed by atoms with Crippen molar-refractivity contribution in [1.29, 1.82) is 0 Å². The molecule has 3 rings (SSSR count). The van der Waals surface area contributed by atoms with Crippen LogP contribution in [0.1, 0.15) is 16.2 Å². The molecular formula is C16H9Cl3N2O3. The second kappa shape index (κ2) is 7.21. The van der Waals surface area contributed by atoms with Crippen molar-refractivity contribution in [3.63, 3.8) is 0 Å². The molecule has 1 aromatic heterocycles. The maximum Gasteiger partial charge on any atom is 0.341 e. The van der Waals surface area contributed by atoms with Gasteiger partial charge in [0.25, 0.3) is 5.89 Å².